The largest absolute Gasteiger partial charge is 0.391 e. The normalized spacial score (nSPS) is 54.0. The Morgan fingerprint density at radius 3 is 2.70 bits per heavy atom. The van der Waals surface area contributed by atoms with Gasteiger partial charge in [-0.3, -0.25) is 4.79 Å². The van der Waals surface area contributed by atoms with Crippen molar-refractivity contribution in [2.24, 2.45) is 28.6 Å². The summed E-state index contributed by atoms with van der Waals surface area (Å²) in [5, 5.41) is 32.4. The molecule has 27 heavy (non-hydrogen) atoms. The number of alkyl halides is 1. The SMILES string of the molecule is C[C@H]1C[C@H]2[C@@H]3CCC4=CC=CC[C@]4(C)[C@@]3(Cl)[C@@H](O)C[C@]2(C)[C@@]1(O)C(=O)CO. The monoisotopic (exact) mass is 394 g/mol. The van der Waals surface area contributed by atoms with Gasteiger partial charge in [-0.05, 0) is 49.9 Å². The zero-order valence-electron chi connectivity index (χ0n) is 16.4. The second kappa shape index (κ2) is 5.91. The number of halogens is 1. The third-order valence-corrected chi connectivity index (χ3v) is 9.89. The van der Waals surface area contributed by atoms with Crippen LogP contribution < -0.4 is 0 Å². The summed E-state index contributed by atoms with van der Waals surface area (Å²) < 4.78 is 0. The first-order valence-electron chi connectivity index (χ1n) is 10.2. The number of carbonyl (C=O) groups excluding carboxylic acids is 1. The van der Waals surface area contributed by atoms with Crippen molar-refractivity contribution in [1.82, 2.24) is 0 Å². The van der Waals surface area contributed by atoms with E-state index in [-0.39, 0.29) is 29.6 Å². The van der Waals surface area contributed by atoms with Gasteiger partial charge in [0.25, 0.3) is 0 Å². The van der Waals surface area contributed by atoms with Crippen LogP contribution in [-0.4, -0.2) is 44.3 Å². The molecule has 3 N–H and O–H groups in total. The molecule has 3 saturated carbocycles. The van der Waals surface area contributed by atoms with Crippen LogP contribution in [0.4, 0.5) is 0 Å². The van der Waals surface area contributed by atoms with Crippen LogP contribution in [0.25, 0.3) is 0 Å². The molecule has 4 aliphatic rings. The predicted molar refractivity (Wildman–Crippen MR) is 104 cm³/mol. The Morgan fingerprint density at radius 2 is 2.04 bits per heavy atom. The van der Waals surface area contributed by atoms with Crippen LogP contribution in [-0.2, 0) is 4.79 Å². The summed E-state index contributed by atoms with van der Waals surface area (Å²) >= 11 is 7.38. The van der Waals surface area contributed by atoms with E-state index in [4.69, 9.17) is 11.6 Å². The lowest BCUT2D eigenvalue weighted by Gasteiger charge is -2.64. The molecule has 0 amide bonds. The summed E-state index contributed by atoms with van der Waals surface area (Å²) in [7, 11) is 0. The fraction of sp³-hybridized carbons (Fsp3) is 0.773. The van der Waals surface area contributed by atoms with Crippen LogP contribution >= 0.6 is 11.6 Å². The van der Waals surface area contributed by atoms with Crippen LogP contribution in [0.2, 0.25) is 0 Å². The molecule has 0 radical (unpaired) electrons. The first-order chi connectivity index (χ1) is 12.6. The summed E-state index contributed by atoms with van der Waals surface area (Å²) in [4.78, 5) is 11.8. The Labute approximate surface area is 166 Å². The molecule has 4 aliphatic carbocycles. The lowest BCUT2D eigenvalue weighted by molar-refractivity contribution is -0.181. The maximum absolute atomic E-state index is 12.6. The van der Waals surface area contributed by atoms with E-state index in [2.05, 4.69) is 25.2 Å². The molecule has 4 nitrogen and oxygen atoms in total. The summed E-state index contributed by atoms with van der Waals surface area (Å²) in [6, 6.07) is 0. The van der Waals surface area contributed by atoms with Gasteiger partial charge in [0.2, 0.25) is 0 Å². The molecule has 4 rings (SSSR count). The standard InChI is InChI=1S/C22H31ClO4/c1-13-10-16-15-8-7-14-6-4-5-9-19(14,2)21(15,23)17(25)11-20(16,3)22(13,27)18(26)12-24/h4-6,13,15-17,24-25,27H,7-12H2,1-3H3/t13-,15-,16-,17-,19-,20-,21-,22-/m0/s1. The number of fused-ring (bicyclic) bond motifs is 5. The Balaban J connectivity index is 1.83. The van der Waals surface area contributed by atoms with Gasteiger partial charge in [-0.1, -0.05) is 44.6 Å². The number of allylic oxidation sites excluding steroid dienone is 4. The number of rotatable bonds is 2. The molecule has 0 aliphatic heterocycles. The van der Waals surface area contributed by atoms with Crippen LogP contribution in [0, 0.1) is 28.6 Å². The molecule has 8 atom stereocenters. The molecule has 0 spiro atoms. The van der Waals surface area contributed by atoms with Crippen molar-refractivity contribution in [3.05, 3.63) is 23.8 Å². The van der Waals surface area contributed by atoms with E-state index in [9.17, 15) is 20.1 Å². The summed E-state index contributed by atoms with van der Waals surface area (Å²) in [6.07, 6.45) is 9.07. The molecule has 0 aromatic rings. The van der Waals surface area contributed by atoms with E-state index < -0.39 is 34.4 Å². The van der Waals surface area contributed by atoms with Gasteiger partial charge in [-0.2, -0.15) is 0 Å². The highest BCUT2D eigenvalue weighted by atomic mass is 35.5. The minimum Gasteiger partial charge on any atom is -0.391 e. The zero-order chi connectivity index (χ0) is 19.8. The molecular weight excluding hydrogens is 364 g/mol. The number of hydrogen-bond donors (Lipinski definition) is 3. The first-order valence-corrected chi connectivity index (χ1v) is 10.5. The van der Waals surface area contributed by atoms with Gasteiger partial charge in [0.1, 0.15) is 12.2 Å². The van der Waals surface area contributed by atoms with Crippen molar-refractivity contribution in [3.63, 3.8) is 0 Å². The number of carbonyl (C=O) groups is 1. The van der Waals surface area contributed by atoms with Gasteiger partial charge in [0.15, 0.2) is 5.78 Å². The van der Waals surface area contributed by atoms with E-state index in [0.29, 0.717) is 6.42 Å². The van der Waals surface area contributed by atoms with Crippen molar-refractivity contribution in [3.8, 4) is 0 Å². The topological polar surface area (TPSA) is 77.8 Å². The van der Waals surface area contributed by atoms with Crippen LogP contribution in [0.15, 0.2) is 23.8 Å². The first kappa shape index (κ1) is 19.6. The van der Waals surface area contributed by atoms with E-state index in [0.717, 1.165) is 19.3 Å². The molecule has 0 unspecified atom stereocenters. The average Bonchev–Trinajstić information content (AvgIpc) is 2.83. The lowest BCUT2D eigenvalue weighted by atomic mass is 9.45. The highest BCUT2D eigenvalue weighted by Crippen LogP contribution is 2.71. The van der Waals surface area contributed by atoms with Crippen molar-refractivity contribution in [2.75, 3.05) is 6.61 Å². The van der Waals surface area contributed by atoms with Crippen LogP contribution in [0.3, 0.4) is 0 Å². The average molecular weight is 395 g/mol. The molecule has 0 saturated heterocycles. The summed E-state index contributed by atoms with van der Waals surface area (Å²) in [5.74, 6) is -0.741. The smallest absolute Gasteiger partial charge is 0.190 e. The highest BCUT2D eigenvalue weighted by Gasteiger charge is 2.74. The Morgan fingerprint density at radius 1 is 1.33 bits per heavy atom. The second-order valence-corrected chi connectivity index (χ2v) is 10.4. The van der Waals surface area contributed by atoms with Crippen molar-refractivity contribution >= 4 is 17.4 Å². The van der Waals surface area contributed by atoms with E-state index in [1.807, 2.05) is 13.8 Å². The van der Waals surface area contributed by atoms with Gasteiger partial charge in [0.05, 0.1) is 11.0 Å². The molecule has 0 aromatic carbocycles. The number of ketones is 1. The molecule has 3 fully saturated rings. The Kier molecular flexibility index (Phi) is 4.30. The van der Waals surface area contributed by atoms with E-state index in [1.54, 1.807) is 0 Å². The minimum absolute atomic E-state index is 0.0181. The molecule has 0 heterocycles. The quantitative estimate of drug-likeness (QED) is 0.629. The number of aliphatic hydroxyl groups excluding tert-OH is 2. The van der Waals surface area contributed by atoms with Crippen molar-refractivity contribution in [1.29, 1.82) is 0 Å². The van der Waals surface area contributed by atoms with Crippen molar-refractivity contribution < 1.29 is 20.1 Å². The predicted octanol–water partition coefficient (Wildman–Crippen LogP) is 2.99. The van der Waals surface area contributed by atoms with Gasteiger partial charge in [-0.15, -0.1) is 11.6 Å². The van der Waals surface area contributed by atoms with Gasteiger partial charge in [0, 0.05) is 10.8 Å². The lowest BCUT2D eigenvalue weighted by Crippen LogP contribution is -2.69. The number of Topliss-reactive ketones (excluding diaryl/α,β-unsaturated/α-hetero) is 1. The molecule has 150 valence electrons. The van der Waals surface area contributed by atoms with E-state index in [1.165, 1.54) is 5.57 Å². The molecule has 5 heteroatoms. The number of hydrogen-bond acceptors (Lipinski definition) is 4. The number of aliphatic hydroxyl groups is 3. The third-order valence-electron chi connectivity index (χ3n) is 8.94. The van der Waals surface area contributed by atoms with Crippen LogP contribution in [0.1, 0.15) is 52.9 Å². The van der Waals surface area contributed by atoms with Gasteiger partial charge >= 0.3 is 0 Å². The Hall–Kier alpha value is -0.680. The van der Waals surface area contributed by atoms with Crippen molar-refractivity contribution in [2.45, 2.75) is 69.5 Å². The second-order valence-electron chi connectivity index (χ2n) is 9.80. The highest BCUT2D eigenvalue weighted by molar-refractivity contribution is 6.25. The summed E-state index contributed by atoms with van der Waals surface area (Å²) in [5.41, 5.74) is -1.42. The molecular formula is C22H31ClO4. The molecule has 0 aromatic heterocycles. The summed E-state index contributed by atoms with van der Waals surface area (Å²) in [6.45, 7) is 5.30. The molecule has 0 bridgehead atoms. The van der Waals surface area contributed by atoms with Gasteiger partial charge in [-0.25, -0.2) is 0 Å². The zero-order valence-corrected chi connectivity index (χ0v) is 17.2. The maximum Gasteiger partial charge on any atom is 0.190 e. The fourth-order valence-electron chi connectivity index (χ4n) is 7.44. The fourth-order valence-corrected chi connectivity index (χ4v) is 7.98. The third kappa shape index (κ3) is 2.08. The van der Waals surface area contributed by atoms with E-state index >= 15 is 0 Å². The van der Waals surface area contributed by atoms with Crippen LogP contribution in [0.5, 0.6) is 0 Å². The Bertz CT molecular complexity index is 732. The van der Waals surface area contributed by atoms with Gasteiger partial charge < -0.3 is 15.3 Å². The minimum atomic E-state index is -1.62. The maximum atomic E-state index is 12.6.